The molecule has 0 fully saturated rings. The van der Waals surface area contributed by atoms with Crippen LogP contribution in [0.15, 0.2) is 55.1 Å². The molecule has 0 atom stereocenters. The van der Waals surface area contributed by atoms with E-state index in [4.69, 9.17) is 5.11 Å². The van der Waals surface area contributed by atoms with Crippen molar-refractivity contribution in [3.8, 4) is 5.75 Å². The number of hydrogen-bond donors (Lipinski definition) is 2. The first-order valence-electron chi connectivity index (χ1n) is 6.17. The van der Waals surface area contributed by atoms with E-state index < -0.39 is 17.0 Å². The van der Waals surface area contributed by atoms with Crippen LogP contribution in [0.2, 0.25) is 0 Å². The van der Waals surface area contributed by atoms with Crippen LogP contribution in [-0.2, 0) is 15.8 Å². The molecule has 1 N–H and O–H groups in total. The normalized spacial score (nSPS) is 9.76. The van der Waals surface area contributed by atoms with Crippen molar-refractivity contribution in [3.05, 3.63) is 55.1 Å². The van der Waals surface area contributed by atoms with Gasteiger partial charge in [-0.2, -0.15) is 8.42 Å². The summed E-state index contributed by atoms with van der Waals surface area (Å²) in [6.07, 6.45) is 2.35. The van der Waals surface area contributed by atoms with E-state index in [1.807, 2.05) is 30.3 Å². The molecule has 21 heavy (non-hydrogen) atoms. The van der Waals surface area contributed by atoms with Crippen molar-refractivity contribution in [1.29, 1.82) is 0 Å². The van der Waals surface area contributed by atoms with E-state index in [1.165, 1.54) is 0 Å². The zero-order valence-corrected chi connectivity index (χ0v) is 12.2. The Morgan fingerprint density at radius 3 is 2.43 bits per heavy atom. The summed E-state index contributed by atoms with van der Waals surface area (Å²) in [7, 11) is -2.85. The topological polar surface area (TPSA) is 80.7 Å². The molecule has 0 saturated carbocycles. The summed E-state index contributed by atoms with van der Waals surface area (Å²) in [6, 6.07) is 12.8. The van der Waals surface area contributed by atoms with E-state index >= 15 is 0 Å². The molecule has 2 aromatic carbocycles. The Kier molecular flexibility index (Phi) is 6.97. The van der Waals surface area contributed by atoms with Gasteiger partial charge in [0.15, 0.2) is 0 Å². The minimum atomic E-state index is -2.85. The number of fused-ring (bicyclic) bond motifs is 1. The molecule has 0 aliphatic heterocycles. The van der Waals surface area contributed by atoms with E-state index in [1.54, 1.807) is 18.2 Å². The van der Waals surface area contributed by atoms with E-state index in [-0.39, 0.29) is 6.42 Å². The van der Waals surface area contributed by atoms with Crippen LogP contribution in [0.1, 0.15) is 12.8 Å². The van der Waals surface area contributed by atoms with Gasteiger partial charge in [0.2, 0.25) is 0 Å². The van der Waals surface area contributed by atoms with Gasteiger partial charge in [0.05, 0.1) is 0 Å². The van der Waals surface area contributed by atoms with Crippen molar-refractivity contribution in [2.24, 2.45) is 0 Å². The third kappa shape index (κ3) is 6.09. The Bertz CT molecular complexity index is 678. The summed E-state index contributed by atoms with van der Waals surface area (Å²) in [6.45, 7) is 3.37. The summed E-state index contributed by atoms with van der Waals surface area (Å²) in [5.74, 6) is -0.390. The lowest BCUT2D eigenvalue weighted by atomic mass is 10.1. The Morgan fingerprint density at radius 1 is 1.19 bits per heavy atom. The molecule has 112 valence electrons. The average Bonchev–Trinajstić information content (AvgIpc) is 2.45. The van der Waals surface area contributed by atoms with E-state index in [9.17, 15) is 13.2 Å². The van der Waals surface area contributed by atoms with E-state index in [0.717, 1.165) is 10.8 Å². The monoisotopic (exact) mass is 308 g/mol. The first-order valence-corrected chi connectivity index (χ1v) is 7.27. The van der Waals surface area contributed by atoms with E-state index in [0.29, 0.717) is 12.2 Å². The highest BCUT2D eigenvalue weighted by molar-refractivity contribution is 7.67. The van der Waals surface area contributed by atoms with Gasteiger partial charge in [-0.3, -0.25) is 4.79 Å². The van der Waals surface area contributed by atoms with Gasteiger partial charge in [-0.25, -0.2) is 0 Å². The van der Waals surface area contributed by atoms with Crippen molar-refractivity contribution < 1.29 is 22.5 Å². The second-order valence-electron chi connectivity index (χ2n) is 4.01. The maximum atomic E-state index is 10.4. The zero-order valence-electron chi connectivity index (χ0n) is 11.3. The fourth-order valence-electron chi connectivity index (χ4n) is 1.58. The summed E-state index contributed by atoms with van der Waals surface area (Å²) < 4.78 is 25.5. The molecule has 5 nitrogen and oxygen atoms in total. The number of carbonyl (C=O) groups is 1. The molecule has 0 aromatic heterocycles. The number of allylic oxidation sites excluding steroid dienone is 1. The Morgan fingerprint density at radius 2 is 1.86 bits per heavy atom. The number of rotatable bonds is 5. The third-order valence-corrected chi connectivity index (χ3v) is 2.83. The highest BCUT2D eigenvalue weighted by atomic mass is 32.2. The van der Waals surface area contributed by atoms with Crippen LogP contribution in [0.25, 0.3) is 10.8 Å². The number of hydrogen-bond acceptors (Lipinski definition) is 4. The van der Waals surface area contributed by atoms with Gasteiger partial charge in [-0.1, -0.05) is 42.5 Å². The molecule has 2 aromatic rings. The van der Waals surface area contributed by atoms with Crippen molar-refractivity contribution in [2.45, 2.75) is 12.8 Å². The van der Waals surface area contributed by atoms with E-state index in [2.05, 4.69) is 10.8 Å². The maximum Gasteiger partial charge on any atom is 0.303 e. The number of thiol groups is 1. The molecule has 0 aliphatic carbocycles. The fraction of sp³-hybridized carbons (Fsp3) is 0.133. The van der Waals surface area contributed by atoms with Crippen LogP contribution in [0, 0.1) is 0 Å². The molecule has 0 radical (unpaired) electrons. The average molecular weight is 308 g/mol. The van der Waals surface area contributed by atoms with Gasteiger partial charge in [0.25, 0.3) is 11.0 Å². The maximum absolute atomic E-state index is 10.4. The zero-order chi connectivity index (χ0) is 15.7. The fourth-order valence-corrected chi connectivity index (χ4v) is 1.90. The summed E-state index contributed by atoms with van der Waals surface area (Å²) in [5, 5.41) is 9.76. The van der Waals surface area contributed by atoms with Crippen LogP contribution in [0.5, 0.6) is 5.75 Å². The Balaban J connectivity index is 0.000000270. The van der Waals surface area contributed by atoms with Crippen molar-refractivity contribution in [1.82, 2.24) is 0 Å². The summed E-state index contributed by atoms with van der Waals surface area (Å²) in [4.78, 5) is 9.71. The van der Waals surface area contributed by atoms with Crippen LogP contribution < -0.4 is 4.18 Å². The minimum Gasteiger partial charge on any atom is -0.481 e. The van der Waals surface area contributed by atoms with Gasteiger partial charge in [0.1, 0.15) is 5.75 Å². The summed E-state index contributed by atoms with van der Waals surface area (Å²) >= 11 is 0. The molecule has 0 spiro atoms. The highest BCUT2D eigenvalue weighted by Crippen LogP contribution is 2.24. The number of carboxylic acids is 1. The van der Waals surface area contributed by atoms with Gasteiger partial charge in [0, 0.05) is 11.8 Å². The van der Waals surface area contributed by atoms with Crippen LogP contribution in [-0.4, -0.2) is 19.5 Å². The van der Waals surface area contributed by atoms with Crippen LogP contribution >= 0.6 is 0 Å². The molecule has 0 saturated heterocycles. The van der Waals surface area contributed by atoms with Gasteiger partial charge in [-0.05, 0) is 17.9 Å². The molecule has 0 unspecified atom stereocenters. The lowest BCUT2D eigenvalue weighted by Gasteiger charge is -2.02. The lowest BCUT2D eigenvalue weighted by Crippen LogP contribution is -1.90. The molecular formula is C15H16O5S. The predicted molar refractivity (Wildman–Crippen MR) is 82.0 cm³/mol. The number of aliphatic carboxylic acids is 1. The molecule has 2 rings (SSSR count). The molecule has 0 amide bonds. The van der Waals surface area contributed by atoms with Crippen LogP contribution in [0.3, 0.4) is 0 Å². The Hall–Kier alpha value is -2.34. The predicted octanol–water partition coefficient (Wildman–Crippen LogP) is 2.78. The first-order chi connectivity index (χ1) is 10.0. The molecule has 6 heteroatoms. The van der Waals surface area contributed by atoms with Crippen molar-refractivity contribution in [2.75, 3.05) is 0 Å². The van der Waals surface area contributed by atoms with Gasteiger partial charge < -0.3 is 9.29 Å². The highest BCUT2D eigenvalue weighted by Gasteiger charge is 2.00. The molecule has 0 heterocycles. The van der Waals surface area contributed by atoms with Crippen LogP contribution in [0.4, 0.5) is 0 Å². The van der Waals surface area contributed by atoms with Crippen molar-refractivity contribution in [3.63, 3.8) is 0 Å². The number of benzene rings is 2. The minimum absolute atomic E-state index is 0.198. The van der Waals surface area contributed by atoms with Gasteiger partial charge in [-0.15, -0.1) is 6.58 Å². The molecule has 0 bridgehead atoms. The molecule has 0 aliphatic rings. The third-order valence-electron chi connectivity index (χ3n) is 2.48. The number of carboxylic acid groups (broad SMARTS) is 1. The summed E-state index contributed by atoms with van der Waals surface area (Å²) in [5.41, 5.74) is 0. The standard InChI is InChI=1S/C10H8O3S.C5H8O2/c11-14(12)13-10-7-3-5-8-4-1-2-6-9(8)10;1-2-3-4-5(6)7/h1-7,14H;2H,1,3-4H2,(H,6,7). The van der Waals surface area contributed by atoms with Crippen molar-refractivity contribution >= 4 is 27.7 Å². The molecular weight excluding hydrogens is 292 g/mol. The Labute approximate surface area is 124 Å². The second kappa shape index (κ2) is 8.76. The smallest absolute Gasteiger partial charge is 0.303 e. The van der Waals surface area contributed by atoms with Gasteiger partial charge >= 0.3 is 5.97 Å². The largest absolute Gasteiger partial charge is 0.481 e. The SMILES string of the molecule is C=CCCC(=O)O.O=[SH](=O)Oc1cccc2ccccc12. The lowest BCUT2D eigenvalue weighted by molar-refractivity contribution is -0.136. The quantitative estimate of drug-likeness (QED) is 0.656. The first kappa shape index (κ1) is 16.7. The second-order valence-corrected chi connectivity index (χ2v) is 4.64.